The van der Waals surface area contributed by atoms with Crippen LogP contribution in [0.2, 0.25) is 0 Å². The summed E-state index contributed by atoms with van der Waals surface area (Å²) in [4.78, 5) is 36.4. The van der Waals surface area contributed by atoms with Crippen LogP contribution in [0.1, 0.15) is 59.3 Å². The van der Waals surface area contributed by atoms with Crippen LogP contribution in [-0.2, 0) is 14.4 Å². The number of hydrogen-bond acceptors (Lipinski definition) is 3. The van der Waals surface area contributed by atoms with Gasteiger partial charge in [0.2, 0.25) is 11.8 Å². The average molecular weight is 383 g/mol. The predicted octanol–water partition coefficient (Wildman–Crippen LogP) is 3.22. The van der Waals surface area contributed by atoms with Crippen molar-refractivity contribution in [1.82, 2.24) is 4.90 Å². The van der Waals surface area contributed by atoms with Crippen molar-refractivity contribution in [3.05, 3.63) is 34.9 Å². The number of carboxylic acid groups (broad SMARTS) is 1. The third kappa shape index (κ3) is 6.74. The van der Waals surface area contributed by atoms with E-state index in [4.69, 9.17) is 5.11 Å². The number of rotatable bonds is 8. The molecule has 2 amide bonds. The van der Waals surface area contributed by atoms with Gasteiger partial charge in [-0.05, 0) is 59.3 Å². The van der Waals surface area contributed by atoms with Gasteiger partial charge in [0.25, 0.3) is 0 Å². The van der Waals surface area contributed by atoms with Crippen molar-refractivity contribution in [3.8, 4) is 0 Å². The zero-order chi connectivity index (χ0) is 19.3. The first-order chi connectivity index (χ1) is 12.3. The summed E-state index contributed by atoms with van der Waals surface area (Å²) in [5.74, 6) is -2.53. The van der Waals surface area contributed by atoms with Gasteiger partial charge in [0.1, 0.15) is 6.54 Å². The summed E-state index contributed by atoms with van der Waals surface area (Å²) >= 11 is 0. The predicted molar refractivity (Wildman–Crippen MR) is 107 cm³/mol. The molecule has 2 rings (SSSR count). The summed E-state index contributed by atoms with van der Waals surface area (Å²) in [6, 6.07) is 0. The molecule has 1 N–H and O–H groups in total. The number of hydrogen-bond donors (Lipinski definition) is 1. The van der Waals surface area contributed by atoms with Gasteiger partial charge in [-0.1, -0.05) is 34.9 Å². The molecule has 0 bridgehead atoms. The molecule has 2 atom stereocenters. The Bertz CT molecular complexity index is 674. The molecule has 2 aliphatic rings. The zero-order valence-electron chi connectivity index (χ0n) is 16.0. The van der Waals surface area contributed by atoms with E-state index in [0.717, 1.165) is 30.6 Å². The third-order valence-electron chi connectivity index (χ3n) is 5.14. The summed E-state index contributed by atoms with van der Waals surface area (Å²) < 4.78 is 0. The van der Waals surface area contributed by atoms with Crippen LogP contribution in [0.5, 0.6) is 0 Å². The normalized spacial score (nSPS) is 22.1. The van der Waals surface area contributed by atoms with Crippen molar-refractivity contribution in [2.45, 2.75) is 59.3 Å². The van der Waals surface area contributed by atoms with E-state index in [1.165, 1.54) is 16.7 Å². The first kappa shape index (κ1) is 23.9. The van der Waals surface area contributed by atoms with E-state index in [0.29, 0.717) is 12.8 Å². The van der Waals surface area contributed by atoms with Crippen molar-refractivity contribution in [3.63, 3.8) is 0 Å². The number of nitrogens with zero attached hydrogens (tertiary/aromatic N) is 1. The number of allylic oxidation sites excluding steroid dienone is 6. The molecule has 1 fully saturated rings. The summed E-state index contributed by atoms with van der Waals surface area (Å²) in [6.45, 7) is 5.84. The topological polar surface area (TPSA) is 74.7 Å². The Labute approximate surface area is 183 Å². The molecular weight excluding hydrogens is 353 g/mol. The molecule has 2 unspecified atom stereocenters. The van der Waals surface area contributed by atoms with Crippen molar-refractivity contribution in [1.29, 1.82) is 0 Å². The third-order valence-corrected chi connectivity index (χ3v) is 5.14. The van der Waals surface area contributed by atoms with E-state index in [1.807, 2.05) is 0 Å². The molecule has 0 aromatic rings. The van der Waals surface area contributed by atoms with Gasteiger partial charge in [-0.15, -0.1) is 0 Å². The molecule has 1 saturated heterocycles. The van der Waals surface area contributed by atoms with Gasteiger partial charge in [0, 0.05) is 0 Å². The number of amides is 2. The van der Waals surface area contributed by atoms with Crippen LogP contribution in [0.4, 0.5) is 0 Å². The van der Waals surface area contributed by atoms with Gasteiger partial charge in [0.05, 0.1) is 11.8 Å². The van der Waals surface area contributed by atoms with Gasteiger partial charge in [-0.25, -0.2) is 0 Å². The number of aliphatic carboxylic acids is 1. The molecule has 5 nitrogen and oxygen atoms in total. The number of carbonyl (C=O) groups excluding carboxylic acids is 2. The Kier molecular flexibility index (Phi) is 9.71. The Balaban J connectivity index is 0.00000364. The quantitative estimate of drug-likeness (QED) is 0.397. The van der Waals surface area contributed by atoms with Gasteiger partial charge in [0.15, 0.2) is 0 Å². The molecule has 0 saturated carbocycles. The minimum atomic E-state index is -1.15. The van der Waals surface area contributed by atoms with Gasteiger partial charge in [-0.2, -0.15) is 0 Å². The summed E-state index contributed by atoms with van der Waals surface area (Å²) in [7, 11) is 0. The van der Waals surface area contributed by atoms with Gasteiger partial charge in [-0.3, -0.25) is 19.3 Å². The molecule has 144 valence electrons. The van der Waals surface area contributed by atoms with Gasteiger partial charge < -0.3 is 5.11 Å². The Morgan fingerprint density at radius 3 is 2.44 bits per heavy atom. The second-order valence-corrected chi connectivity index (χ2v) is 7.58. The fourth-order valence-corrected chi connectivity index (χ4v) is 3.70. The molecular formula is C21H30NNaO4. The van der Waals surface area contributed by atoms with Crippen molar-refractivity contribution in [2.75, 3.05) is 6.54 Å². The van der Waals surface area contributed by atoms with Crippen molar-refractivity contribution < 1.29 is 19.5 Å². The van der Waals surface area contributed by atoms with Crippen LogP contribution in [0, 0.1) is 11.8 Å². The van der Waals surface area contributed by atoms with Crippen LogP contribution >= 0.6 is 0 Å². The van der Waals surface area contributed by atoms with E-state index in [-0.39, 0.29) is 53.2 Å². The second-order valence-electron chi connectivity index (χ2n) is 7.58. The first-order valence-corrected chi connectivity index (χ1v) is 9.33. The van der Waals surface area contributed by atoms with Crippen LogP contribution < -0.4 is 0 Å². The molecule has 0 aromatic heterocycles. The van der Waals surface area contributed by atoms with Crippen LogP contribution in [-0.4, -0.2) is 63.9 Å². The van der Waals surface area contributed by atoms with E-state index < -0.39 is 12.5 Å². The van der Waals surface area contributed by atoms with Crippen LogP contribution in [0.25, 0.3) is 0 Å². The fourth-order valence-electron chi connectivity index (χ4n) is 3.70. The van der Waals surface area contributed by atoms with Crippen molar-refractivity contribution >= 4 is 47.3 Å². The molecule has 1 aliphatic heterocycles. The molecule has 1 heterocycles. The Morgan fingerprint density at radius 1 is 1.15 bits per heavy atom. The summed E-state index contributed by atoms with van der Waals surface area (Å²) in [5.41, 5.74) is 3.92. The second kappa shape index (κ2) is 11.0. The molecule has 0 radical (unpaired) electrons. The van der Waals surface area contributed by atoms with E-state index in [2.05, 4.69) is 39.0 Å². The maximum atomic E-state index is 12.4. The minimum absolute atomic E-state index is 0. The molecule has 0 spiro atoms. The first-order valence-electron chi connectivity index (χ1n) is 9.33. The fraction of sp³-hybridized carbons (Fsp3) is 0.571. The summed E-state index contributed by atoms with van der Waals surface area (Å²) in [6.07, 6.45) is 11.6. The number of imide groups is 1. The van der Waals surface area contributed by atoms with E-state index in [1.54, 1.807) is 0 Å². The van der Waals surface area contributed by atoms with Crippen LogP contribution in [0.15, 0.2) is 34.9 Å². The summed E-state index contributed by atoms with van der Waals surface area (Å²) in [5, 5.41) is 8.89. The Hall–Kier alpha value is -1.17. The standard InChI is InChI=1S/C21H29NO4.Na.H/c1-14(2)6-4-7-15(3)8-5-9-16-10-11-17-18(12-16)21(26)22(20(17)25)13-19(23)24;;/h6,8,10,17-18H,4-5,7,9,11-13H2,1-3H3,(H,23,24);;. The van der Waals surface area contributed by atoms with E-state index in [9.17, 15) is 14.4 Å². The molecule has 27 heavy (non-hydrogen) atoms. The molecule has 1 aliphatic carbocycles. The Morgan fingerprint density at radius 2 is 1.81 bits per heavy atom. The number of likely N-dealkylation sites (tertiary alicyclic amines) is 1. The van der Waals surface area contributed by atoms with E-state index >= 15 is 0 Å². The number of fused-ring (bicyclic) bond motifs is 1. The van der Waals surface area contributed by atoms with Gasteiger partial charge >= 0.3 is 35.5 Å². The number of carbonyl (C=O) groups is 3. The monoisotopic (exact) mass is 383 g/mol. The zero-order valence-corrected chi connectivity index (χ0v) is 16.0. The van der Waals surface area contributed by atoms with Crippen LogP contribution in [0.3, 0.4) is 0 Å². The van der Waals surface area contributed by atoms with Crippen molar-refractivity contribution in [2.24, 2.45) is 11.8 Å². The molecule has 0 aromatic carbocycles. The SMILES string of the molecule is CC(C)=CCCC(C)=CCCC1=CCC2C(=O)N(CC(=O)O)C(=O)C2C1.[NaH]. The average Bonchev–Trinajstić information content (AvgIpc) is 2.79. The molecule has 6 heteroatoms. The number of carboxylic acids is 1. The maximum absolute atomic E-state index is 12.4.